The van der Waals surface area contributed by atoms with Crippen LogP contribution < -0.4 is 5.69 Å². The minimum absolute atomic E-state index is 0.119. The van der Waals surface area contributed by atoms with Crippen molar-refractivity contribution in [1.29, 1.82) is 0 Å². The van der Waals surface area contributed by atoms with Gasteiger partial charge in [0, 0.05) is 6.04 Å². The molecule has 98 valence electrons. The number of H-pyrrole nitrogens is 1. The number of nitrogens with one attached hydrogen (secondary N) is 1. The molecular formula is C10H9N5O3S. The van der Waals surface area contributed by atoms with Crippen molar-refractivity contribution in [2.45, 2.75) is 29.1 Å². The highest BCUT2D eigenvalue weighted by Gasteiger charge is 2.28. The molecule has 1 fully saturated rings. The van der Waals surface area contributed by atoms with Crippen LogP contribution >= 0.6 is 11.8 Å². The van der Waals surface area contributed by atoms with Crippen LogP contribution in [0.3, 0.4) is 0 Å². The first-order valence-electron chi connectivity index (χ1n) is 5.57. The first-order valence-corrected chi connectivity index (χ1v) is 6.38. The van der Waals surface area contributed by atoms with Crippen LogP contribution in [-0.2, 0) is 0 Å². The SMILES string of the molecule is O=C(O)c1ccc(Sc2n[nH]c(=O)n2C2CC2)nn1. The number of aromatic amines is 1. The Morgan fingerprint density at radius 1 is 1.42 bits per heavy atom. The molecule has 19 heavy (non-hydrogen) atoms. The van der Waals surface area contributed by atoms with Gasteiger partial charge in [0.05, 0.1) is 0 Å². The number of carboxylic acids is 1. The monoisotopic (exact) mass is 279 g/mol. The molecule has 0 spiro atoms. The molecule has 3 rings (SSSR count). The fraction of sp³-hybridized carbons (Fsp3) is 0.300. The highest BCUT2D eigenvalue weighted by Crippen LogP contribution is 2.37. The van der Waals surface area contributed by atoms with E-state index in [1.807, 2.05) is 0 Å². The summed E-state index contributed by atoms with van der Waals surface area (Å²) < 4.78 is 1.59. The second-order valence-corrected chi connectivity index (χ2v) is 5.06. The minimum Gasteiger partial charge on any atom is -0.476 e. The van der Waals surface area contributed by atoms with Crippen molar-refractivity contribution >= 4 is 17.7 Å². The van der Waals surface area contributed by atoms with Gasteiger partial charge in [-0.25, -0.2) is 14.7 Å². The Bertz CT molecular complexity index is 673. The summed E-state index contributed by atoms with van der Waals surface area (Å²) in [5.74, 6) is -1.13. The van der Waals surface area contributed by atoms with Gasteiger partial charge in [-0.05, 0) is 36.7 Å². The molecule has 0 atom stereocenters. The van der Waals surface area contributed by atoms with Gasteiger partial charge in [0.2, 0.25) is 0 Å². The lowest BCUT2D eigenvalue weighted by Gasteiger charge is -2.02. The third-order valence-corrected chi connectivity index (χ3v) is 3.54. The molecule has 0 radical (unpaired) electrons. The number of hydrogen-bond donors (Lipinski definition) is 2. The zero-order chi connectivity index (χ0) is 13.4. The van der Waals surface area contributed by atoms with E-state index in [9.17, 15) is 9.59 Å². The molecule has 2 aromatic rings. The van der Waals surface area contributed by atoms with Crippen molar-refractivity contribution in [2.75, 3.05) is 0 Å². The number of hydrogen-bond acceptors (Lipinski definition) is 6. The molecule has 2 aromatic heterocycles. The van der Waals surface area contributed by atoms with Crippen LogP contribution in [0.5, 0.6) is 0 Å². The van der Waals surface area contributed by atoms with E-state index in [0.717, 1.165) is 12.8 Å². The summed E-state index contributed by atoms with van der Waals surface area (Å²) in [5.41, 5.74) is -0.355. The van der Waals surface area contributed by atoms with Crippen LogP contribution in [-0.4, -0.2) is 36.0 Å². The van der Waals surface area contributed by atoms with Gasteiger partial charge < -0.3 is 5.11 Å². The second kappa shape index (κ2) is 4.50. The normalized spacial score (nSPS) is 14.5. The average Bonchev–Trinajstić information content (AvgIpc) is 3.16. The predicted molar refractivity (Wildman–Crippen MR) is 64.2 cm³/mol. The van der Waals surface area contributed by atoms with Crippen LogP contribution in [0.4, 0.5) is 0 Å². The van der Waals surface area contributed by atoms with Crippen molar-refractivity contribution in [3.8, 4) is 0 Å². The molecule has 9 heteroatoms. The van der Waals surface area contributed by atoms with Gasteiger partial charge in [-0.15, -0.1) is 15.3 Å². The zero-order valence-electron chi connectivity index (χ0n) is 9.61. The van der Waals surface area contributed by atoms with Gasteiger partial charge in [-0.2, -0.15) is 0 Å². The third kappa shape index (κ3) is 2.36. The topological polar surface area (TPSA) is 114 Å². The van der Waals surface area contributed by atoms with Gasteiger partial charge in [-0.1, -0.05) is 0 Å². The summed E-state index contributed by atoms with van der Waals surface area (Å²) in [6.07, 6.45) is 1.94. The van der Waals surface area contributed by atoms with Crippen molar-refractivity contribution in [2.24, 2.45) is 0 Å². The summed E-state index contributed by atoms with van der Waals surface area (Å²) in [7, 11) is 0. The van der Waals surface area contributed by atoms with Gasteiger partial charge in [-0.3, -0.25) is 4.57 Å². The van der Waals surface area contributed by atoms with E-state index in [2.05, 4.69) is 20.4 Å². The standard InChI is InChI=1S/C10H9N5O3S/c16-8(17)6-3-4-7(12-11-6)19-10-14-13-9(18)15(10)5-1-2-5/h3-5H,1-2H2,(H,13,18)(H,16,17). The third-order valence-electron chi connectivity index (χ3n) is 2.64. The van der Waals surface area contributed by atoms with Gasteiger partial charge in [0.1, 0.15) is 5.03 Å². The van der Waals surface area contributed by atoms with Crippen molar-refractivity contribution in [1.82, 2.24) is 25.0 Å². The lowest BCUT2D eigenvalue weighted by molar-refractivity contribution is 0.0689. The Hall–Kier alpha value is -2.16. The maximum Gasteiger partial charge on any atom is 0.356 e. The van der Waals surface area contributed by atoms with E-state index in [-0.39, 0.29) is 17.4 Å². The van der Waals surface area contributed by atoms with E-state index >= 15 is 0 Å². The molecule has 2 N–H and O–H groups in total. The maximum atomic E-state index is 11.6. The Morgan fingerprint density at radius 2 is 2.21 bits per heavy atom. The summed E-state index contributed by atoms with van der Waals surface area (Å²) in [5, 5.41) is 23.4. The lowest BCUT2D eigenvalue weighted by atomic mass is 10.4. The quantitative estimate of drug-likeness (QED) is 0.839. The zero-order valence-corrected chi connectivity index (χ0v) is 10.4. The van der Waals surface area contributed by atoms with E-state index in [1.54, 1.807) is 4.57 Å². The van der Waals surface area contributed by atoms with Crippen molar-refractivity contribution < 1.29 is 9.90 Å². The largest absolute Gasteiger partial charge is 0.476 e. The fourth-order valence-corrected chi connectivity index (χ4v) is 2.43. The van der Waals surface area contributed by atoms with Crippen LogP contribution in [0.15, 0.2) is 27.1 Å². The molecule has 8 nitrogen and oxygen atoms in total. The second-order valence-electron chi connectivity index (χ2n) is 4.08. The number of nitrogens with zero attached hydrogens (tertiary/aromatic N) is 4. The molecule has 0 aliphatic heterocycles. The van der Waals surface area contributed by atoms with Gasteiger partial charge in [0.15, 0.2) is 10.9 Å². The number of carboxylic acid groups (broad SMARTS) is 1. The van der Waals surface area contributed by atoms with E-state index in [1.165, 1.54) is 23.9 Å². The summed E-state index contributed by atoms with van der Waals surface area (Å²) >= 11 is 1.18. The Kier molecular flexibility index (Phi) is 2.82. The number of rotatable bonds is 4. The van der Waals surface area contributed by atoms with Gasteiger partial charge >= 0.3 is 11.7 Å². The molecule has 2 heterocycles. The molecule has 1 aliphatic carbocycles. The fourth-order valence-electron chi connectivity index (χ4n) is 1.60. The molecule has 1 aliphatic rings. The number of carbonyl (C=O) groups is 1. The van der Waals surface area contributed by atoms with E-state index in [0.29, 0.717) is 10.2 Å². The summed E-state index contributed by atoms with van der Waals surface area (Å²) in [6.45, 7) is 0. The predicted octanol–water partition coefficient (Wildman–Crippen LogP) is 0.546. The van der Waals surface area contributed by atoms with Crippen molar-refractivity contribution in [3.63, 3.8) is 0 Å². The first-order chi connectivity index (χ1) is 9.15. The van der Waals surface area contributed by atoms with E-state index in [4.69, 9.17) is 5.11 Å². The lowest BCUT2D eigenvalue weighted by Crippen LogP contribution is -2.16. The van der Waals surface area contributed by atoms with Crippen molar-refractivity contribution in [3.05, 3.63) is 28.3 Å². The van der Waals surface area contributed by atoms with Crippen LogP contribution in [0.25, 0.3) is 0 Å². The smallest absolute Gasteiger partial charge is 0.356 e. The molecule has 0 saturated heterocycles. The van der Waals surface area contributed by atoms with Crippen LogP contribution in [0.1, 0.15) is 29.4 Å². The summed E-state index contributed by atoms with van der Waals surface area (Å²) in [6, 6.07) is 3.11. The molecule has 0 amide bonds. The highest BCUT2D eigenvalue weighted by atomic mass is 32.2. The van der Waals surface area contributed by atoms with E-state index < -0.39 is 5.97 Å². The van der Waals surface area contributed by atoms with Crippen LogP contribution in [0, 0.1) is 0 Å². The Morgan fingerprint density at radius 3 is 2.79 bits per heavy atom. The number of aromatic carboxylic acids is 1. The average molecular weight is 279 g/mol. The van der Waals surface area contributed by atoms with Gasteiger partial charge in [0.25, 0.3) is 0 Å². The number of aromatic nitrogens is 5. The molecule has 1 saturated carbocycles. The minimum atomic E-state index is -1.13. The first kappa shape index (κ1) is 11.9. The molecule has 0 aromatic carbocycles. The molecular weight excluding hydrogens is 270 g/mol. The Labute approximate surface area is 110 Å². The van der Waals surface area contributed by atoms with Crippen LogP contribution in [0.2, 0.25) is 0 Å². The highest BCUT2D eigenvalue weighted by molar-refractivity contribution is 7.99. The Balaban J connectivity index is 1.85. The molecule has 0 unspecified atom stereocenters. The maximum absolute atomic E-state index is 11.6. The molecule has 0 bridgehead atoms. The summed E-state index contributed by atoms with van der Waals surface area (Å²) in [4.78, 5) is 22.2.